The lowest BCUT2D eigenvalue weighted by Crippen LogP contribution is -2.46. The van der Waals surface area contributed by atoms with Gasteiger partial charge in [-0.2, -0.15) is 0 Å². The highest BCUT2D eigenvalue weighted by Gasteiger charge is 2.29. The molecule has 0 bridgehead atoms. The molecule has 6 nitrogen and oxygen atoms in total. The van der Waals surface area contributed by atoms with Crippen LogP contribution in [0.2, 0.25) is 0 Å². The minimum absolute atomic E-state index is 0.196. The number of carbonyl (C=O) groups is 2. The highest BCUT2D eigenvalue weighted by atomic mass is 16.6. The molecule has 1 saturated heterocycles. The lowest BCUT2D eigenvalue weighted by atomic mass is 9.99. The Morgan fingerprint density at radius 1 is 1.35 bits per heavy atom. The maximum Gasteiger partial charge on any atom is 0.407 e. The number of alkyl carbamates (subject to hydrolysis) is 1. The molecule has 2 unspecified atom stereocenters. The summed E-state index contributed by atoms with van der Waals surface area (Å²) in [5.41, 5.74) is -0.564. The largest absolute Gasteiger partial charge is 0.481 e. The van der Waals surface area contributed by atoms with E-state index in [-0.39, 0.29) is 12.6 Å². The summed E-state index contributed by atoms with van der Waals surface area (Å²) in [5, 5.41) is 11.5. The molecular formula is C11H19NO5. The second kappa shape index (κ2) is 5.35. The highest BCUT2D eigenvalue weighted by Crippen LogP contribution is 2.15. The van der Waals surface area contributed by atoms with Crippen molar-refractivity contribution in [3.05, 3.63) is 0 Å². The van der Waals surface area contributed by atoms with Gasteiger partial charge in [0.15, 0.2) is 0 Å². The maximum absolute atomic E-state index is 11.5. The molecule has 0 aliphatic carbocycles. The standard InChI is InChI=1S/C11H19NO5/c1-11(2,3)17-10(15)12-8-4-7(9(13)14)5-16-6-8/h7-8H,4-6H2,1-3H3,(H,12,15)(H,13,14). The number of aliphatic carboxylic acids is 1. The van der Waals surface area contributed by atoms with Crippen molar-refractivity contribution in [2.75, 3.05) is 13.2 Å². The van der Waals surface area contributed by atoms with Crippen LogP contribution in [0.3, 0.4) is 0 Å². The van der Waals surface area contributed by atoms with Gasteiger partial charge in [0, 0.05) is 0 Å². The zero-order valence-corrected chi connectivity index (χ0v) is 10.4. The molecule has 2 N–H and O–H groups in total. The third-order valence-electron chi connectivity index (χ3n) is 2.28. The Hall–Kier alpha value is -1.30. The van der Waals surface area contributed by atoms with E-state index >= 15 is 0 Å². The van der Waals surface area contributed by atoms with Crippen molar-refractivity contribution in [2.45, 2.75) is 38.8 Å². The van der Waals surface area contributed by atoms with Crippen LogP contribution in [0.4, 0.5) is 4.79 Å². The van der Waals surface area contributed by atoms with E-state index in [9.17, 15) is 9.59 Å². The lowest BCUT2D eigenvalue weighted by Gasteiger charge is -2.28. The van der Waals surface area contributed by atoms with Gasteiger partial charge in [0.1, 0.15) is 5.60 Å². The van der Waals surface area contributed by atoms with E-state index in [4.69, 9.17) is 14.6 Å². The summed E-state index contributed by atoms with van der Waals surface area (Å²) in [6.07, 6.45) is -0.175. The van der Waals surface area contributed by atoms with Gasteiger partial charge in [0.05, 0.1) is 25.2 Å². The second-order valence-electron chi connectivity index (χ2n) is 5.15. The van der Waals surface area contributed by atoms with Gasteiger partial charge < -0.3 is 19.9 Å². The van der Waals surface area contributed by atoms with Crippen molar-refractivity contribution in [1.82, 2.24) is 5.32 Å². The van der Waals surface area contributed by atoms with E-state index in [1.807, 2.05) is 0 Å². The van der Waals surface area contributed by atoms with E-state index < -0.39 is 23.6 Å². The van der Waals surface area contributed by atoms with Crippen molar-refractivity contribution in [2.24, 2.45) is 5.92 Å². The minimum Gasteiger partial charge on any atom is -0.481 e. The fourth-order valence-corrected chi connectivity index (χ4v) is 1.58. The SMILES string of the molecule is CC(C)(C)OC(=O)NC1COCC(C(=O)O)C1. The number of hydrogen-bond acceptors (Lipinski definition) is 4. The molecular weight excluding hydrogens is 226 g/mol. The molecule has 1 aliphatic heterocycles. The highest BCUT2D eigenvalue weighted by molar-refractivity contribution is 5.71. The van der Waals surface area contributed by atoms with Crippen molar-refractivity contribution >= 4 is 12.1 Å². The van der Waals surface area contributed by atoms with E-state index in [0.29, 0.717) is 13.0 Å². The Kier molecular flexibility index (Phi) is 4.34. The number of nitrogens with one attached hydrogen (secondary N) is 1. The van der Waals surface area contributed by atoms with Crippen LogP contribution >= 0.6 is 0 Å². The first kappa shape index (κ1) is 13.8. The molecule has 0 aromatic heterocycles. The number of carbonyl (C=O) groups excluding carboxylic acids is 1. The second-order valence-corrected chi connectivity index (χ2v) is 5.15. The summed E-state index contributed by atoms with van der Waals surface area (Å²) in [6, 6.07) is -0.306. The van der Waals surface area contributed by atoms with Gasteiger partial charge in [0.25, 0.3) is 0 Å². The number of amides is 1. The van der Waals surface area contributed by atoms with Gasteiger partial charge in [0.2, 0.25) is 0 Å². The molecule has 0 saturated carbocycles. The number of ether oxygens (including phenoxy) is 2. The average Bonchev–Trinajstić information content (AvgIpc) is 2.14. The zero-order chi connectivity index (χ0) is 13.1. The number of carboxylic acids is 1. The number of rotatable bonds is 2. The van der Waals surface area contributed by atoms with Crippen LogP contribution in [0.1, 0.15) is 27.2 Å². The first-order valence-corrected chi connectivity index (χ1v) is 5.58. The number of carboxylic acid groups (broad SMARTS) is 1. The third kappa shape index (κ3) is 5.04. The maximum atomic E-state index is 11.5. The van der Waals surface area contributed by atoms with Crippen molar-refractivity contribution < 1.29 is 24.2 Å². The molecule has 0 radical (unpaired) electrons. The first-order valence-electron chi connectivity index (χ1n) is 5.58. The van der Waals surface area contributed by atoms with E-state index in [1.165, 1.54) is 0 Å². The zero-order valence-electron chi connectivity index (χ0n) is 10.4. The Balaban J connectivity index is 2.41. The predicted molar refractivity (Wildman–Crippen MR) is 59.7 cm³/mol. The molecule has 1 fully saturated rings. The molecule has 17 heavy (non-hydrogen) atoms. The van der Waals surface area contributed by atoms with Crippen LogP contribution < -0.4 is 5.32 Å². The van der Waals surface area contributed by atoms with Crippen LogP contribution in [0, 0.1) is 5.92 Å². The fraction of sp³-hybridized carbons (Fsp3) is 0.818. The van der Waals surface area contributed by atoms with Crippen LogP contribution in [-0.4, -0.2) is 42.0 Å². The Morgan fingerprint density at radius 2 is 2.00 bits per heavy atom. The normalized spacial score (nSPS) is 25.1. The summed E-state index contributed by atoms with van der Waals surface area (Å²) in [6.45, 7) is 5.82. The Labute approximate surface area is 100 Å². The molecule has 0 aromatic rings. The van der Waals surface area contributed by atoms with Crippen molar-refractivity contribution in [3.63, 3.8) is 0 Å². The predicted octanol–water partition coefficient (Wildman–Crippen LogP) is 1.00. The summed E-state index contributed by atoms with van der Waals surface area (Å²) >= 11 is 0. The lowest BCUT2D eigenvalue weighted by molar-refractivity contribution is -0.146. The summed E-state index contributed by atoms with van der Waals surface area (Å²) in [7, 11) is 0. The van der Waals surface area contributed by atoms with E-state index in [2.05, 4.69) is 5.32 Å². The quantitative estimate of drug-likeness (QED) is 0.758. The van der Waals surface area contributed by atoms with Gasteiger partial charge >= 0.3 is 12.1 Å². The van der Waals surface area contributed by atoms with Crippen LogP contribution in [0.15, 0.2) is 0 Å². The molecule has 2 atom stereocenters. The topological polar surface area (TPSA) is 84.9 Å². The Morgan fingerprint density at radius 3 is 2.53 bits per heavy atom. The monoisotopic (exact) mass is 245 g/mol. The van der Waals surface area contributed by atoms with Crippen LogP contribution in [0.25, 0.3) is 0 Å². The molecule has 98 valence electrons. The van der Waals surface area contributed by atoms with Crippen molar-refractivity contribution in [1.29, 1.82) is 0 Å². The van der Waals surface area contributed by atoms with E-state index in [0.717, 1.165) is 0 Å². The third-order valence-corrected chi connectivity index (χ3v) is 2.28. The molecule has 0 aromatic carbocycles. The molecule has 0 spiro atoms. The van der Waals surface area contributed by atoms with Gasteiger partial charge in [-0.25, -0.2) is 4.79 Å². The average molecular weight is 245 g/mol. The number of hydrogen-bond donors (Lipinski definition) is 2. The van der Waals surface area contributed by atoms with Gasteiger partial charge in [-0.1, -0.05) is 0 Å². The minimum atomic E-state index is -0.902. The molecule has 1 amide bonds. The molecule has 6 heteroatoms. The van der Waals surface area contributed by atoms with Gasteiger partial charge in [-0.3, -0.25) is 4.79 Å². The van der Waals surface area contributed by atoms with E-state index in [1.54, 1.807) is 20.8 Å². The van der Waals surface area contributed by atoms with Crippen LogP contribution in [0.5, 0.6) is 0 Å². The summed E-state index contributed by atoms with van der Waals surface area (Å²) in [5.74, 6) is -1.47. The van der Waals surface area contributed by atoms with Crippen molar-refractivity contribution in [3.8, 4) is 0 Å². The molecule has 1 rings (SSSR count). The Bertz CT molecular complexity index is 297. The summed E-state index contributed by atoms with van der Waals surface area (Å²) in [4.78, 5) is 22.3. The smallest absolute Gasteiger partial charge is 0.407 e. The molecule has 1 heterocycles. The first-order chi connectivity index (χ1) is 7.78. The fourth-order valence-electron chi connectivity index (χ4n) is 1.58. The summed E-state index contributed by atoms with van der Waals surface area (Å²) < 4.78 is 10.2. The molecule has 1 aliphatic rings. The van der Waals surface area contributed by atoms with Gasteiger partial charge in [-0.15, -0.1) is 0 Å². The van der Waals surface area contributed by atoms with Crippen LogP contribution in [-0.2, 0) is 14.3 Å². The van der Waals surface area contributed by atoms with Gasteiger partial charge in [-0.05, 0) is 27.2 Å².